The molecule has 2 aromatic rings. The van der Waals surface area contributed by atoms with E-state index in [1.165, 1.54) is 0 Å². The fourth-order valence-corrected chi connectivity index (χ4v) is 2.40. The van der Waals surface area contributed by atoms with Crippen LogP contribution in [0.2, 0.25) is 5.02 Å². The number of benzene rings is 2. The molecular formula is C15H12ClIN2O3. The Balaban J connectivity index is 1.82. The largest absolute Gasteiger partial charge is 0.482 e. The number of hydrogen-bond donors (Lipinski definition) is 2. The number of carbonyl (C=O) groups excluding carboxylic acids is 2. The lowest BCUT2D eigenvalue weighted by molar-refractivity contribution is -0.123. The Morgan fingerprint density at radius 2 is 1.73 bits per heavy atom. The van der Waals surface area contributed by atoms with Crippen LogP contribution >= 0.6 is 34.2 Å². The van der Waals surface area contributed by atoms with Gasteiger partial charge in [-0.15, -0.1) is 0 Å². The molecule has 0 aliphatic heterocycles. The Hall–Kier alpha value is -1.80. The van der Waals surface area contributed by atoms with E-state index in [9.17, 15) is 9.59 Å². The van der Waals surface area contributed by atoms with Gasteiger partial charge in [-0.05, 0) is 46.9 Å². The zero-order chi connectivity index (χ0) is 15.9. The monoisotopic (exact) mass is 430 g/mol. The summed E-state index contributed by atoms with van der Waals surface area (Å²) in [7, 11) is 0. The topological polar surface area (TPSA) is 67.4 Å². The molecule has 0 saturated carbocycles. The van der Waals surface area contributed by atoms with Gasteiger partial charge in [-0.2, -0.15) is 0 Å². The van der Waals surface area contributed by atoms with Gasteiger partial charge >= 0.3 is 0 Å². The maximum Gasteiger partial charge on any atom is 0.276 e. The highest BCUT2D eigenvalue weighted by Gasteiger charge is 2.10. The summed E-state index contributed by atoms with van der Waals surface area (Å²) in [4.78, 5) is 23.6. The van der Waals surface area contributed by atoms with Crippen LogP contribution in [-0.4, -0.2) is 18.4 Å². The smallest absolute Gasteiger partial charge is 0.276 e. The molecule has 0 saturated heterocycles. The van der Waals surface area contributed by atoms with Crippen molar-refractivity contribution >= 4 is 46.0 Å². The van der Waals surface area contributed by atoms with Gasteiger partial charge in [0.1, 0.15) is 5.75 Å². The van der Waals surface area contributed by atoms with Crippen molar-refractivity contribution in [1.29, 1.82) is 0 Å². The Morgan fingerprint density at radius 3 is 2.45 bits per heavy atom. The molecule has 0 fully saturated rings. The lowest BCUT2D eigenvalue weighted by atomic mass is 10.2. The van der Waals surface area contributed by atoms with Gasteiger partial charge in [0, 0.05) is 3.57 Å². The first kappa shape index (κ1) is 16.6. The Morgan fingerprint density at radius 1 is 1.05 bits per heavy atom. The molecule has 0 aliphatic rings. The number of para-hydroxylation sites is 1. The highest BCUT2D eigenvalue weighted by Crippen LogP contribution is 2.22. The predicted molar refractivity (Wildman–Crippen MR) is 91.7 cm³/mol. The second-order valence-electron chi connectivity index (χ2n) is 4.20. The molecule has 0 spiro atoms. The van der Waals surface area contributed by atoms with Crippen molar-refractivity contribution in [2.45, 2.75) is 0 Å². The highest BCUT2D eigenvalue weighted by atomic mass is 127. The van der Waals surface area contributed by atoms with E-state index in [1.54, 1.807) is 42.5 Å². The third-order valence-corrected chi connectivity index (χ3v) is 3.88. The Kier molecular flexibility index (Phi) is 6.02. The van der Waals surface area contributed by atoms with Crippen molar-refractivity contribution in [3.8, 4) is 5.75 Å². The predicted octanol–water partition coefficient (Wildman–Crippen LogP) is 2.78. The molecular weight excluding hydrogens is 419 g/mol. The molecule has 2 rings (SSSR count). The molecule has 114 valence electrons. The summed E-state index contributed by atoms with van der Waals surface area (Å²) in [5, 5.41) is 0.415. The molecule has 0 radical (unpaired) electrons. The van der Waals surface area contributed by atoms with Gasteiger partial charge < -0.3 is 4.74 Å². The van der Waals surface area contributed by atoms with E-state index in [4.69, 9.17) is 16.3 Å². The lowest BCUT2D eigenvalue weighted by Gasteiger charge is -2.10. The fourth-order valence-electron chi connectivity index (χ4n) is 1.58. The number of nitrogens with one attached hydrogen (secondary N) is 2. The molecule has 5 nitrogen and oxygen atoms in total. The zero-order valence-electron chi connectivity index (χ0n) is 11.3. The van der Waals surface area contributed by atoms with Gasteiger partial charge in [-0.1, -0.05) is 35.9 Å². The number of ether oxygens (including phenoxy) is 1. The summed E-state index contributed by atoms with van der Waals surface area (Å²) in [6.45, 7) is -0.254. The summed E-state index contributed by atoms with van der Waals surface area (Å²) in [5.74, 6) is -0.474. The van der Waals surface area contributed by atoms with E-state index < -0.39 is 11.8 Å². The molecule has 7 heteroatoms. The van der Waals surface area contributed by atoms with Crippen LogP contribution in [0.3, 0.4) is 0 Å². The SMILES string of the molecule is O=C(COc1ccccc1Cl)NNC(=O)c1ccccc1I. The van der Waals surface area contributed by atoms with Crippen LogP contribution in [-0.2, 0) is 4.79 Å². The number of amides is 2. The van der Waals surface area contributed by atoms with E-state index in [2.05, 4.69) is 10.9 Å². The molecule has 0 unspecified atom stereocenters. The molecule has 0 aliphatic carbocycles. The fraction of sp³-hybridized carbons (Fsp3) is 0.0667. The molecule has 2 N–H and O–H groups in total. The number of hydrazine groups is 1. The van der Waals surface area contributed by atoms with Crippen LogP contribution in [0.4, 0.5) is 0 Å². The lowest BCUT2D eigenvalue weighted by Crippen LogP contribution is -2.44. The van der Waals surface area contributed by atoms with Crippen molar-refractivity contribution in [3.63, 3.8) is 0 Å². The minimum atomic E-state index is -0.487. The molecule has 2 amide bonds. The maximum absolute atomic E-state index is 11.9. The van der Waals surface area contributed by atoms with Crippen molar-refractivity contribution in [1.82, 2.24) is 10.9 Å². The quantitative estimate of drug-likeness (QED) is 0.579. The van der Waals surface area contributed by atoms with Crippen LogP contribution in [0.1, 0.15) is 10.4 Å². The van der Waals surface area contributed by atoms with Gasteiger partial charge in [0.15, 0.2) is 6.61 Å². The van der Waals surface area contributed by atoms with Gasteiger partial charge in [0.2, 0.25) is 0 Å². The van der Waals surface area contributed by atoms with Crippen LogP contribution in [0.5, 0.6) is 5.75 Å². The molecule has 0 bridgehead atoms. The molecule has 0 aromatic heterocycles. The second-order valence-corrected chi connectivity index (χ2v) is 5.77. The van der Waals surface area contributed by atoms with Gasteiger partial charge in [0.25, 0.3) is 11.8 Å². The standard InChI is InChI=1S/C15H12ClIN2O3/c16-11-6-2-4-8-13(11)22-9-14(20)18-19-15(21)10-5-1-3-7-12(10)17/h1-8H,9H2,(H,18,20)(H,19,21). The first-order valence-electron chi connectivity index (χ1n) is 6.29. The van der Waals surface area contributed by atoms with Crippen LogP contribution in [0, 0.1) is 3.57 Å². The summed E-state index contributed by atoms with van der Waals surface area (Å²) < 4.78 is 6.05. The molecule has 2 aromatic carbocycles. The van der Waals surface area contributed by atoms with E-state index >= 15 is 0 Å². The minimum absolute atomic E-state index is 0.254. The van der Waals surface area contributed by atoms with E-state index in [1.807, 2.05) is 28.7 Å². The maximum atomic E-state index is 11.9. The van der Waals surface area contributed by atoms with E-state index in [-0.39, 0.29) is 6.61 Å². The highest BCUT2D eigenvalue weighted by molar-refractivity contribution is 14.1. The molecule has 0 atom stereocenters. The Labute approximate surface area is 146 Å². The number of rotatable bonds is 4. The number of halogens is 2. The first-order chi connectivity index (χ1) is 10.6. The number of carbonyl (C=O) groups is 2. The third kappa shape index (κ3) is 4.60. The minimum Gasteiger partial charge on any atom is -0.482 e. The van der Waals surface area contributed by atoms with Gasteiger partial charge in [-0.3, -0.25) is 20.4 Å². The van der Waals surface area contributed by atoms with Crippen LogP contribution in [0.15, 0.2) is 48.5 Å². The van der Waals surface area contributed by atoms with Crippen molar-refractivity contribution in [3.05, 3.63) is 62.7 Å². The number of hydrogen-bond acceptors (Lipinski definition) is 3. The normalized spacial score (nSPS) is 9.91. The summed E-state index contributed by atoms with van der Waals surface area (Å²) in [6.07, 6.45) is 0. The van der Waals surface area contributed by atoms with Crippen LogP contribution in [0.25, 0.3) is 0 Å². The third-order valence-electron chi connectivity index (χ3n) is 2.63. The van der Waals surface area contributed by atoms with Crippen molar-refractivity contribution in [2.24, 2.45) is 0 Å². The van der Waals surface area contributed by atoms with E-state index in [0.717, 1.165) is 3.57 Å². The van der Waals surface area contributed by atoms with Crippen molar-refractivity contribution < 1.29 is 14.3 Å². The Bertz CT molecular complexity index is 694. The average molecular weight is 431 g/mol. The average Bonchev–Trinajstić information content (AvgIpc) is 2.52. The van der Waals surface area contributed by atoms with Crippen molar-refractivity contribution in [2.75, 3.05) is 6.61 Å². The first-order valence-corrected chi connectivity index (χ1v) is 7.74. The summed E-state index contributed by atoms with van der Waals surface area (Å²) in [6, 6.07) is 13.9. The molecule has 0 heterocycles. The summed E-state index contributed by atoms with van der Waals surface area (Å²) in [5.41, 5.74) is 5.10. The van der Waals surface area contributed by atoms with E-state index in [0.29, 0.717) is 16.3 Å². The van der Waals surface area contributed by atoms with Gasteiger partial charge in [0.05, 0.1) is 10.6 Å². The van der Waals surface area contributed by atoms with Gasteiger partial charge in [-0.25, -0.2) is 0 Å². The summed E-state index contributed by atoms with van der Waals surface area (Å²) >= 11 is 7.95. The zero-order valence-corrected chi connectivity index (χ0v) is 14.2. The second kappa shape index (κ2) is 8.00. The molecule has 22 heavy (non-hydrogen) atoms. The van der Waals surface area contributed by atoms with Crippen LogP contribution < -0.4 is 15.6 Å².